The number of nitrogens with two attached hydrogens (primary N) is 1. The molecule has 86 valence electrons. The Kier molecular flexibility index (Phi) is 6.20. The zero-order valence-corrected chi connectivity index (χ0v) is 9.19. The van der Waals surface area contributed by atoms with Crippen LogP contribution in [0, 0.1) is 6.92 Å². The van der Waals surface area contributed by atoms with Crippen LogP contribution in [0.25, 0.3) is 0 Å². The summed E-state index contributed by atoms with van der Waals surface area (Å²) in [4.78, 5) is 0. The van der Waals surface area contributed by atoms with Crippen LogP contribution in [0.3, 0.4) is 0 Å². The maximum absolute atomic E-state index is 11.9. The normalized spacial score (nSPS) is 9.93. The molecule has 1 rings (SSSR count). The Hall–Kier alpha value is -0.870. The second kappa shape index (κ2) is 6.58. The predicted molar refractivity (Wildman–Crippen MR) is 57.8 cm³/mol. The van der Waals surface area contributed by atoms with Gasteiger partial charge in [-0.3, -0.25) is 0 Å². The highest BCUT2D eigenvalue weighted by Crippen LogP contribution is 2.20. The van der Waals surface area contributed by atoms with Gasteiger partial charge in [0.05, 0.1) is 0 Å². The first-order valence-electron chi connectivity index (χ1n) is 4.34. The second-order valence-electron chi connectivity index (χ2n) is 3.02. The molecule has 0 fully saturated rings. The van der Waals surface area contributed by atoms with Gasteiger partial charge in [-0.15, -0.1) is 12.4 Å². The van der Waals surface area contributed by atoms with Gasteiger partial charge in [0.25, 0.3) is 6.43 Å². The SMILES string of the molecule is Cc1ccc(CN)c(OCC(F)F)c1.Cl. The first kappa shape index (κ1) is 14.1. The van der Waals surface area contributed by atoms with E-state index in [0.717, 1.165) is 11.1 Å². The van der Waals surface area contributed by atoms with Crippen LogP contribution in [0.1, 0.15) is 11.1 Å². The van der Waals surface area contributed by atoms with Gasteiger partial charge in [0, 0.05) is 12.1 Å². The largest absolute Gasteiger partial charge is 0.487 e. The van der Waals surface area contributed by atoms with Gasteiger partial charge >= 0.3 is 0 Å². The molecule has 0 aliphatic rings. The number of rotatable bonds is 4. The van der Waals surface area contributed by atoms with Crippen LogP contribution < -0.4 is 10.5 Å². The van der Waals surface area contributed by atoms with Crippen LogP contribution in [0.2, 0.25) is 0 Å². The van der Waals surface area contributed by atoms with E-state index in [1.807, 2.05) is 13.0 Å². The van der Waals surface area contributed by atoms with Crippen LogP contribution in [0.4, 0.5) is 8.78 Å². The quantitative estimate of drug-likeness (QED) is 0.874. The van der Waals surface area contributed by atoms with E-state index in [1.165, 1.54) is 0 Å². The Morgan fingerprint density at radius 2 is 2.07 bits per heavy atom. The summed E-state index contributed by atoms with van der Waals surface area (Å²) in [5.41, 5.74) is 7.15. The standard InChI is InChI=1S/C10H13F2NO.ClH/c1-7-2-3-8(5-13)9(4-7)14-6-10(11)12;/h2-4,10H,5-6,13H2,1H3;1H. The Morgan fingerprint density at radius 3 is 2.60 bits per heavy atom. The molecule has 2 nitrogen and oxygen atoms in total. The summed E-state index contributed by atoms with van der Waals surface area (Å²) in [5.74, 6) is 0.452. The van der Waals surface area contributed by atoms with E-state index in [0.29, 0.717) is 12.3 Å². The van der Waals surface area contributed by atoms with Crippen LogP contribution in [-0.2, 0) is 6.54 Å². The van der Waals surface area contributed by atoms with Gasteiger partial charge in [-0.2, -0.15) is 0 Å². The van der Waals surface area contributed by atoms with E-state index in [1.54, 1.807) is 12.1 Å². The van der Waals surface area contributed by atoms with Gasteiger partial charge in [0.15, 0.2) is 0 Å². The minimum atomic E-state index is -2.46. The van der Waals surface area contributed by atoms with Crippen molar-refractivity contribution in [1.29, 1.82) is 0 Å². The smallest absolute Gasteiger partial charge is 0.272 e. The van der Waals surface area contributed by atoms with E-state index < -0.39 is 13.0 Å². The van der Waals surface area contributed by atoms with Gasteiger partial charge in [0.2, 0.25) is 0 Å². The molecule has 0 aromatic heterocycles. The van der Waals surface area contributed by atoms with Crippen LogP contribution in [0.15, 0.2) is 18.2 Å². The van der Waals surface area contributed by atoms with Gasteiger partial charge in [-0.05, 0) is 18.6 Å². The molecular weight excluding hydrogens is 224 g/mol. The Labute approximate surface area is 93.8 Å². The van der Waals surface area contributed by atoms with E-state index in [-0.39, 0.29) is 12.4 Å². The molecule has 5 heteroatoms. The first-order chi connectivity index (χ1) is 6.63. The van der Waals surface area contributed by atoms with Crippen molar-refractivity contribution in [2.75, 3.05) is 6.61 Å². The minimum Gasteiger partial charge on any atom is -0.487 e. The summed E-state index contributed by atoms with van der Waals surface area (Å²) in [6.45, 7) is 1.57. The Morgan fingerprint density at radius 1 is 1.40 bits per heavy atom. The Balaban J connectivity index is 0.00000196. The Bertz CT molecular complexity index is 307. The molecule has 0 bridgehead atoms. The molecule has 0 aliphatic heterocycles. The highest BCUT2D eigenvalue weighted by molar-refractivity contribution is 5.85. The van der Waals surface area contributed by atoms with E-state index >= 15 is 0 Å². The van der Waals surface area contributed by atoms with Crippen molar-refractivity contribution in [2.45, 2.75) is 19.9 Å². The molecule has 1 aromatic carbocycles. The summed E-state index contributed by atoms with van der Waals surface area (Å²) in [6.07, 6.45) is -2.46. The fraction of sp³-hybridized carbons (Fsp3) is 0.400. The second-order valence-corrected chi connectivity index (χ2v) is 3.02. The molecule has 0 unspecified atom stereocenters. The van der Waals surface area contributed by atoms with Crippen molar-refractivity contribution < 1.29 is 13.5 Å². The summed E-state index contributed by atoms with van der Waals surface area (Å²) >= 11 is 0. The average molecular weight is 238 g/mol. The van der Waals surface area contributed by atoms with Crippen LogP contribution in [-0.4, -0.2) is 13.0 Å². The highest BCUT2D eigenvalue weighted by atomic mass is 35.5. The maximum Gasteiger partial charge on any atom is 0.272 e. The molecule has 1 aromatic rings. The van der Waals surface area contributed by atoms with Crippen LogP contribution in [0.5, 0.6) is 5.75 Å². The molecule has 0 spiro atoms. The van der Waals surface area contributed by atoms with Crippen molar-refractivity contribution in [3.63, 3.8) is 0 Å². The molecule has 0 aliphatic carbocycles. The number of halogens is 3. The van der Waals surface area contributed by atoms with E-state index in [4.69, 9.17) is 10.5 Å². The first-order valence-corrected chi connectivity index (χ1v) is 4.34. The third kappa shape index (κ3) is 4.44. The number of benzene rings is 1. The van der Waals surface area contributed by atoms with Crippen LogP contribution >= 0.6 is 12.4 Å². The van der Waals surface area contributed by atoms with Gasteiger partial charge in [0.1, 0.15) is 12.4 Å². The minimum absolute atomic E-state index is 0. The number of aryl methyl sites for hydroxylation is 1. The number of hydrogen-bond acceptors (Lipinski definition) is 2. The molecule has 15 heavy (non-hydrogen) atoms. The van der Waals surface area contributed by atoms with Crippen molar-refractivity contribution in [3.05, 3.63) is 29.3 Å². The van der Waals surface area contributed by atoms with E-state index in [9.17, 15) is 8.78 Å². The van der Waals surface area contributed by atoms with Gasteiger partial charge in [-0.25, -0.2) is 8.78 Å². The lowest BCUT2D eigenvalue weighted by Crippen LogP contribution is -2.09. The number of alkyl halides is 2. The third-order valence-electron chi connectivity index (χ3n) is 1.81. The molecule has 0 radical (unpaired) electrons. The lowest BCUT2D eigenvalue weighted by atomic mass is 10.1. The number of hydrogen-bond donors (Lipinski definition) is 1. The molecule has 0 saturated heterocycles. The molecule has 0 atom stereocenters. The molecule has 0 saturated carbocycles. The predicted octanol–water partition coefficient (Wildman–Crippen LogP) is 2.52. The van der Waals surface area contributed by atoms with Gasteiger partial charge in [-0.1, -0.05) is 12.1 Å². The molecule has 0 amide bonds. The summed E-state index contributed by atoms with van der Waals surface area (Å²) in [7, 11) is 0. The zero-order valence-electron chi connectivity index (χ0n) is 8.37. The van der Waals surface area contributed by atoms with Crippen molar-refractivity contribution in [2.24, 2.45) is 5.73 Å². The third-order valence-corrected chi connectivity index (χ3v) is 1.81. The number of ether oxygens (including phenoxy) is 1. The highest BCUT2D eigenvalue weighted by Gasteiger charge is 2.06. The summed E-state index contributed by atoms with van der Waals surface area (Å²) in [6, 6.07) is 5.37. The monoisotopic (exact) mass is 237 g/mol. The topological polar surface area (TPSA) is 35.2 Å². The fourth-order valence-corrected chi connectivity index (χ4v) is 1.12. The molecular formula is C10H14ClF2NO. The zero-order chi connectivity index (χ0) is 10.6. The van der Waals surface area contributed by atoms with Crippen molar-refractivity contribution in [1.82, 2.24) is 0 Å². The summed E-state index contributed by atoms with van der Waals surface area (Å²) in [5, 5.41) is 0. The van der Waals surface area contributed by atoms with Gasteiger partial charge < -0.3 is 10.5 Å². The lowest BCUT2D eigenvalue weighted by molar-refractivity contribution is 0.0814. The van der Waals surface area contributed by atoms with Crippen molar-refractivity contribution in [3.8, 4) is 5.75 Å². The molecule has 2 N–H and O–H groups in total. The van der Waals surface area contributed by atoms with E-state index in [2.05, 4.69) is 0 Å². The average Bonchev–Trinajstić information content (AvgIpc) is 2.15. The van der Waals surface area contributed by atoms with Crippen molar-refractivity contribution >= 4 is 12.4 Å². The molecule has 0 heterocycles. The maximum atomic E-state index is 11.9. The lowest BCUT2D eigenvalue weighted by Gasteiger charge is -2.10. The summed E-state index contributed by atoms with van der Waals surface area (Å²) < 4.78 is 28.7. The fourth-order valence-electron chi connectivity index (χ4n) is 1.12.